The van der Waals surface area contributed by atoms with Crippen LogP contribution in [0.25, 0.3) is 0 Å². The number of rotatable bonds is 3. The molecular formula is C11H16N2O2S2. The number of primary sulfonamides is 1. The third-order valence-electron chi connectivity index (χ3n) is 2.91. The predicted octanol–water partition coefficient (Wildman–Crippen LogP) is 1.95. The lowest BCUT2D eigenvalue weighted by Gasteiger charge is -2.11. The van der Waals surface area contributed by atoms with Gasteiger partial charge in [0.05, 0.1) is 4.90 Å². The molecule has 0 unspecified atom stereocenters. The number of nitrogens with two attached hydrogens (primary N) is 2. The molecule has 6 heteroatoms. The number of nitrogen functional groups attached to an aromatic ring is 1. The zero-order valence-corrected chi connectivity index (χ0v) is 11.1. The number of hydrogen-bond acceptors (Lipinski definition) is 4. The highest BCUT2D eigenvalue weighted by Gasteiger charge is 2.18. The first kappa shape index (κ1) is 12.7. The van der Waals surface area contributed by atoms with Crippen molar-refractivity contribution < 1.29 is 8.42 Å². The third kappa shape index (κ3) is 3.14. The lowest BCUT2D eigenvalue weighted by atomic mass is 10.3. The number of thioether (sulfide) groups is 1. The van der Waals surface area contributed by atoms with Crippen LogP contribution < -0.4 is 10.9 Å². The molecule has 1 saturated carbocycles. The van der Waals surface area contributed by atoms with Crippen molar-refractivity contribution in [2.75, 3.05) is 5.73 Å². The smallest absolute Gasteiger partial charge is 0.238 e. The topological polar surface area (TPSA) is 86.2 Å². The molecule has 0 amide bonds. The molecule has 0 heterocycles. The summed E-state index contributed by atoms with van der Waals surface area (Å²) in [7, 11) is -3.64. The van der Waals surface area contributed by atoms with E-state index in [0.717, 1.165) is 4.90 Å². The monoisotopic (exact) mass is 272 g/mol. The molecule has 1 aromatic carbocycles. The largest absolute Gasteiger partial charge is 0.398 e. The Morgan fingerprint density at radius 3 is 2.47 bits per heavy atom. The Balaban J connectivity index is 2.26. The van der Waals surface area contributed by atoms with Crippen molar-refractivity contribution in [1.29, 1.82) is 0 Å². The van der Waals surface area contributed by atoms with E-state index in [2.05, 4.69) is 0 Å². The Bertz CT molecular complexity index is 508. The molecule has 4 nitrogen and oxygen atoms in total. The van der Waals surface area contributed by atoms with Crippen molar-refractivity contribution in [1.82, 2.24) is 0 Å². The second kappa shape index (κ2) is 4.88. The molecule has 1 fully saturated rings. The molecule has 0 bridgehead atoms. The van der Waals surface area contributed by atoms with E-state index in [1.54, 1.807) is 23.9 Å². The first-order valence-electron chi connectivity index (χ1n) is 5.56. The van der Waals surface area contributed by atoms with Crippen LogP contribution in [0.5, 0.6) is 0 Å². The zero-order valence-electron chi connectivity index (χ0n) is 9.43. The Morgan fingerprint density at radius 2 is 1.88 bits per heavy atom. The van der Waals surface area contributed by atoms with Gasteiger partial charge in [0.1, 0.15) is 0 Å². The average molecular weight is 272 g/mol. The number of hydrogen-bond donors (Lipinski definition) is 2. The van der Waals surface area contributed by atoms with Crippen LogP contribution in [0.1, 0.15) is 25.7 Å². The quantitative estimate of drug-likeness (QED) is 0.823. The maximum atomic E-state index is 11.3. The van der Waals surface area contributed by atoms with E-state index in [0.29, 0.717) is 10.9 Å². The second-order valence-electron chi connectivity index (χ2n) is 4.27. The summed E-state index contributed by atoms with van der Waals surface area (Å²) in [6, 6.07) is 4.63. The van der Waals surface area contributed by atoms with Crippen molar-refractivity contribution in [2.24, 2.45) is 5.14 Å². The Hall–Kier alpha value is -0.720. The number of sulfonamides is 1. The molecule has 0 saturated heterocycles. The zero-order chi connectivity index (χ0) is 12.5. The van der Waals surface area contributed by atoms with Crippen LogP contribution >= 0.6 is 11.8 Å². The summed E-state index contributed by atoms with van der Waals surface area (Å²) in [5.74, 6) is 0. The van der Waals surface area contributed by atoms with Gasteiger partial charge in [0.25, 0.3) is 0 Å². The van der Waals surface area contributed by atoms with Gasteiger partial charge in [0, 0.05) is 15.8 Å². The summed E-state index contributed by atoms with van der Waals surface area (Å²) in [5.41, 5.74) is 6.47. The molecule has 0 atom stereocenters. The van der Waals surface area contributed by atoms with Gasteiger partial charge in [-0.25, -0.2) is 13.6 Å². The Labute approximate surface area is 106 Å². The summed E-state index contributed by atoms with van der Waals surface area (Å²) in [6.45, 7) is 0. The van der Waals surface area contributed by atoms with E-state index < -0.39 is 10.0 Å². The van der Waals surface area contributed by atoms with E-state index in [-0.39, 0.29) is 4.90 Å². The van der Waals surface area contributed by atoms with Gasteiger partial charge in [0.2, 0.25) is 10.0 Å². The maximum absolute atomic E-state index is 11.3. The molecule has 0 spiro atoms. The van der Waals surface area contributed by atoms with Gasteiger partial charge in [0.15, 0.2) is 0 Å². The van der Waals surface area contributed by atoms with Crippen LogP contribution in [-0.4, -0.2) is 13.7 Å². The standard InChI is InChI=1S/C11H16N2O2S2/c12-10-6-5-9(17(13,14)15)7-11(10)16-8-3-1-2-4-8/h5-8H,1-4,12H2,(H2,13,14,15). The maximum Gasteiger partial charge on any atom is 0.238 e. The summed E-state index contributed by atoms with van der Waals surface area (Å²) >= 11 is 1.66. The van der Waals surface area contributed by atoms with Crippen molar-refractivity contribution >= 4 is 27.5 Å². The van der Waals surface area contributed by atoms with Crippen molar-refractivity contribution in [2.45, 2.75) is 40.7 Å². The highest BCUT2D eigenvalue weighted by molar-refractivity contribution is 8.00. The molecule has 94 valence electrons. The SMILES string of the molecule is Nc1ccc(S(N)(=O)=O)cc1SC1CCCC1. The minimum absolute atomic E-state index is 0.132. The van der Waals surface area contributed by atoms with Crippen molar-refractivity contribution in [3.05, 3.63) is 18.2 Å². The summed E-state index contributed by atoms with van der Waals surface area (Å²) in [6.07, 6.45) is 4.83. The fraction of sp³-hybridized carbons (Fsp3) is 0.455. The molecule has 17 heavy (non-hydrogen) atoms. The minimum atomic E-state index is -3.64. The molecule has 2 rings (SSSR count). The van der Waals surface area contributed by atoms with E-state index in [1.807, 2.05) is 0 Å². The molecule has 0 aliphatic heterocycles. The molecule has 1 aliphatic rings. The second-order valence-corrected chi connectivity index (χ2v) is 7.17. The van der Waals surface area contributed by atoms with Crippen LogP contribution in [0.2, 0.25) is 0 Å². The highest BCUT2D eigenvalue weighted by atomic mass is 32.2. The molecule has 4 N–H and O–H groups in total. The summed E-state index contributed by atoms with van der Waals surface area (Å²) in [4.78, 5) is 0.954. The van der Waals surface area contributed by atoms with Crippen LogP contribution in [-0.2, 0) is 10.0 Å². The van der Waals surface area contributed by atoms with E-state index in [1.165, 1.54) is 31.7 Å². The Kier molecular flexibility index (Phi) is 3.65. The van der Waals surface area contributed by atoms with Crippen LogP contribution in [0.15, 0.2) is 28.0 Å². The lowest BCUT2D eigenvalue weighted by Crippen LogP contribution is -2.12. The molecule has 1 aromatic rings. The number of benzene rings is 1. The van der Waals surface area contributed by atoms with E-state index >= 15 is 0 Å². The fourth-order valence-electron chi connectivity index (χ4n) is 1.98. The van der Waals surface area contributed by atoms with Crippen LogP contribution in [0.4, 0.5) is 5.69 Å². The van der Waals surface area contributed by atoms with Gasteiger partial charge in [-0.1, -0.05) is 12.8 Å². The minimum Gasteiger partial charge on any atom is -0.398 e. The van der Waals surface area contributed by atoms with Gasteiger partial charge in [-0.2, -0.15) is 0 Å². The average Bonchev–Trinajstić information content (AvgIpc) is 2.72. The first-order chi connectivity index (χ1) is 7.97. The van der Waals surface area contributed by atoms with Gasteiger partial charge < -0.3 is 5.73 Å². The summed E-state index contributed by atoms with van der Waals surface area (Å²) in [5, 5.41) is 5.66. The third-order valence-corrected chi connectivity index (χ3v) is 5.23. The predicted molar refractivity (Wildman–Crippen MR) is 70.3 cm³/mol. The highest BCUT2D eigenvalue weighted by Crippen LogP contribution is 2.37. The molecular weight excluding hydrogens is 256 g/mol. The van der Waals surface area contributed by atoms with E-state index in [4.69, 9.17) is 10.9 Å². The van der Waals surface area contributed by atoms with Crippen LogP contribution in [0.3, 0.4) is 0 Å². The molecule has 0 aromatic heterocycles. The van der Waals surface area contributed by atoms with Crippen molar-refractivity contribution in [3.63, 3.8) is 0 Å². The fourth-order valence-corrected chi connectivity index (χ4v) is 3.92. The number of anilines is 1. The van der Waals surface area contributed by atoms with Gasteiger partial charge >= 0.3 is 0 Å². The van der Waals surface area contributed by atoms with Crippen molar-refractivity contribution in [3.8, 4) is 0 Å². The van der Waals surface area contributed by atoms with Crippen LogP contribution in [0, 0.1) is 0 Å². The lowest BCUT2D eigenvalue weighted by molar-refractivity contribution is 0.597. The van der Waals surface area contributed by atoms with Gasteiger partial charge in [-0.05, 0) is 31.0 Å². The molecule has 1 aliphatic carbocycles. The first-order valence-corrected chi connectivity index (χ1v) is 7.98. The van der Waals surface area contributed by atoms with Gasteiger partial charge in [-0.3, -0.25) is 0 Å². The van der Waals surface area contributed by atoms with Gasteiger partial charge in [-0.15, -0.1) is 11.8 Å². The van der Waals surface area contributed by atoms with E-state index in [9.17, 15) is 8.42 Å². The normalized spacial score (nSPS) is 17.5. The summed E-state index contributed by atoms with van der Waals surface area (Å²) < 4.78 is 22.5. The molecule has 0 radical (unpaired) electrons. The Morgan fingerprint density at radius 1 is 1.24 bits per heavy atom.